The van der Waals surface area contributed by atoms with Crippen LogP contribution in [-0.2, 0) is 0 Å². The molecule has 16 heavy (non-hydrogen) atoms. The van der Waals surface area contributed by atoms with Gasteiger partial charge in [0.1, 0.15) is 0 Å². The zero-order valence-electron chi connectivity index (χ0n) is 11.2. The Labute approximate surface area is 101 Å². The molecule has 0 unspecified atom stereocenters. The van der Waals surface area contributed by atoms with Crippen molar-refractivity contribution in [3.63, 3.8) is 0 Å². The summed E-state index contributed by atoms with van der Waals surface area (Å²) < 4.78 is 0. The van der Waals surface area contributed by atoms with E-state index in [1.165, 1.54) is 58.3 Å². The van der Waals surface area contributed by atoms with Crippen molar-refractivity contribution in [2.45, 2.75) is 90.3 Å². The Bertz CT molecular complexity index is 138. The second-order valence-corrected chi connectivity index (χ2v) is 5.15. The smallest absolute Gasteiger partial charge is 0.159 e. The van der Waals surface area contributed by atoms with Crippen molar-refractivity contribution in [2.24, 2.45) is 0 Å². The second kappa shape index (κ2) is 10.1. The van der Waals surface area contributed by atoms with Crippen LogP contribution in [0.1, 0.15) is 84.5 Å². The maximum atomic E-state index is 9.10. The molecule has 2 heteroatoms. The molecule has 0 fully saturated rings. The van der Waals surface area contributed by atoms with Gasteiger partial charge in [-0.25, -0.2) is 0 Å². The molecule has 0 aromatic rings. The van der Waals surface area contributed by atoms with Crippen molar-refractivity contribution in [1.82, 2.24) is 0 Å². The van der Waals surface area contributed by atoms with E-state index in [4.69, 9.17) is 10.2 Å². The lowest BCUT2D eigenvalue weighted by atomic mass is 10.0. The molecule has 0 saturated carbocycles. The first-order valence-corrected chi connectivity index (χ1v) is 7.01. The van der Waals surface area contributed by atoms with Crippen LogP contribution in [-0.4, -0.2) is 16.0 Å². The molecule has 0 radical (unpaired) electrons. The zero-order chi connectivity index (χ0) is 12.3. The first kappa shape index (κ1) is 15.9. The first-order valence-electron chi connectivity index (χ1n) is 7.01. The van der Waals surface area contributed by atoms with Gasteiger partial charge < -0.3 is 10.2 Å². The standard InChI is InChI=1S/C14H30O2/c1-3-4-5-6-7-8-9-10-11-12-13-14(2,15)16/h15-16H,3-13H2,1-2H3. The molecule has 0 aromatic carbocycles. The van der Waals surface area contributed by atoms with Crippen LogP contribution in [0.2, 0.25) is 0 Å². The second-order valence-electron chi connectivity index (χ2n) is 5.15. The highest BCUT2D eigenvalue weighted by Crippen LogP contribution is 2.14. The molecule has 0 atom stereocenters. The van der Waals surface area contributed by atoms with E-state index >= 15 is 0 Å². The van der Waals surface area contributed by atoms with E-state index in [0.717, 1.165) is 12.8 Å². The van der Waals surface area contributed by atoms with Crippen LogP contribution in [0.15, 0.2) is 0 Å². The number of hydrogen-bond acceptors (Lipinski definition) is 2. The van der Waals surface area contributed by atoms with Crippen LogP contribution in [0.4, 0.5) is 0 Å². The summed E-state index contributed by atoms with van der Waals surface area (Å²) in [6, 6.07) is 0. The Morgan fingerprint density at radius 3 is 1.44 bits per heavy atom. The SMILES string of the molecule is CCCCCCCCCCCCC(C)(O)O. The molecule has 2 nitrogen and oxygen atoms in total. The Hall–Kier alpha value is -0.0800. The Balaban J connectivity index is 2.99. The van der Waals surface area contributed by atoms with Gasteiger partial charge in [-0.15, -0.1) is 0 Å². The molecule has 0 spiro atoms. The van der Waals surface area contributed by atoms with Gasteiger partial charge in [-0.1, -0.05) is 64.7 Å². The van der Waals surface area contributed by atoms with E-state index in [9.17, 15) is 0 Å². The van der Waals surface area contributed by atoms with Crippen molar-refractivity contribution < 1.29 is 10.2 Å². The maximum absolute atomic E-state index is 9.10. The third kappa shape index (κ3) is 13.9. The predicted octanol–water partition coefficient (Wildman–Crippen LogP) is 4.00. The molecular weight excluding hydrogens is 200 g/mol. The number of hydrogen-bond donors (Lipinski definition) is 2. The van der Waals surface area contributed by atoms with Crippen LogP contribution >= 0.6 is 0 Å². The van der Waals surface area contributed by atoms with Gasteiger partial charge in [0.05, 0.1) is 0 Å². The van der Waals surface area contributed by atoms with Gasteiger partial charge in [-0.3, -0.25) is 0 Å². The van der Waals surface area contributed by atoms with Crippen molar-refractivity contribution in [2.75, 3.05) is 0 Å². The van der Waals surface area contributed by atoms with Gasteiger partial charge in [0, 0.05) is 6.42 Å². The Morgan fingerprint density at radius 2 is 1.06 bits per heavy atom. The Morgan fingerprint density at radius 1 is 0.688 bits per heavy atom. The number of unbranched alkanes of at least 4 members (excludes halogenated alkanes) is 9. The lowest BCUT2D eigenvalue weighted by Crippen LogP contribution is -2.22. The molecule has 0 aliphatic rings. The molecule has 0 heterocycles. The van der Waals surface area contributed by atoms with Crippen molar-refractivity contribution in [1.29, 1.82) is 0 Å². The summed E-state index contributed by atoms with van der Waals surface area (Å²) in [4.78, 5) is 0. The lowest BCUT2D eigenvalue weighted by molar-refractivity contribution is -0.150. The largest absolute Gasteiger partial charge is 0.366 e. The van der Waals surface area contributed by atoms with Crippen LogP contribution in [0, 0.1) is 0 Å². The summed E-state index contributed by atoms with van der Waals surface area (Å²) >= 11 is 0. The average molecular weight is 230 g/mol. The van der Waals surface area contributed by atoms with Crippen LogP contribution in [0.3, 0.4) is 0 Å². The minimum atomic E-state index is -1.46. The molecule has 0 saturated heterocycles. The molecule has 0 aliphatic carbocycles. The fourth-order valence-electron chi connectivity index (χ4n) is 1.95. The lowest BCUT2D eigenvalue weighted by Gasteiger charge is -2.14. The predicted molar refractivity (Wildman–Crippen MR) is 69.3 cm³/mol. The van der Waals surface area contributed by atoms with Gasteiger partial charge in [-0.05, 0) is 13.3 Å². The minimum Gasteiger partial charge on any atom is -0.366 e. The van der Waals surface area contributed by atoms with Crippen molar-refractivity contribution >= 4 is 0 Å². The first-order chi connectivity index (χ1) is 7.56. The number of rotatable bonds is 11. The van der Waals surface area contributed by atoms with Gasteiger partial charge in [-0.2, -0.15) is 0 Å². The highest BCUT2D eigenvalue weighted by atomic mass is 16.5. The van der Waals surface area contributed by atoms with Gasteiger partial charge in [0.25, 0.3) is 0 Å². The topological polar surface area (TPSA) is 40.5 Å². The van der Waals surface area contributed by atoms with E-state index in [-0.39, 0.29) is 0 Å². The quantitative estimate of drug-likeness (QED) is 0.416. The third-order valence-corrected chi connectivity index (χ3v) is 3.00. The molecule has 0 aliphatic heterocycles. The van der Waals surface area contributed by atoms with Crippen molar-refractivity contribution in [3.05, 3.63) is 0 Å². The van der Waals surface area contributed by atoms with Gasteiger partial charge >= 0.3 is 0 Å². The third-order valence-electron chi connectivity index (χ3n) is 3.00. The fourth-order valence-corrected chi connectivity index (χ4v) is 1.95. The highest BCUT2D eigenvalue weighted by molar-refractivity contribution is 4.56. The van der Waals surface area contributed by atoms with E-state index in [2.05, 4.69) is 6.92 Å². The van der Waals surface area contributed by atoms with E-state index in [1.807, 2.05) is 0 Å². The van der Waals surface area contributed by atoms with Gasteiger partial charge in [0.2, 0.25) is 0 Å². The summed E-state index contributed by atoms with van der Waals surface area (Å²) in [5, 5.41) is 18.2. The maximum Gasteiger partial charge on any atom is 0.159 e. The molecule has 0 aromatic heterocycles. The molecule has 0 rings (SSSR count). The van der Waals surface area contributed by atoms with E-state index < -0.39 is 5.79 Å². The molecule has 2 N–H and O–H groups in total. The van der Waals surface area contributed by atoms with Crippen LogP contribution in [0.25, 0.3) is 0 Å². The summed E-state index contributed by atoms with van der Waals surface area (Å²) in [5.41, 5.74) is 0. The van der Waals surface area contributed by atoms with E-state index in [1.54, 1.807) is 0 Å². The fraction of sp³-hybridized carbons (Fsp3) is 1.00. The zero-order valence-corrected chi connectivity index (χ0v) is 11.2. The van der Waals surface area contributed by atoms with Crippen molar-refractivity contribution in [3.8, 4) is 0 Å². The average Bonchev–Trinajstić information content (AvgIpc) is 2.19. The summed E-state index contributed by atoms with van der Waals surface area (Å²) in [7, 11) is 0. The summed E-state index contributed by atoms with van der Waals surface area (Å²) in [5.74, 6) is -1.46. The Kier molecular flexibility index (Phi) is 10.0. The van der Waals surface area contributed by atoms with Gasteiger partial charge in [0.15, 0.2) is 5.79 Å². The molecule has 0 amide bonds. The van der Waals surface area contributed by atoms with Crippen LogP contribution in [0.5, 0.6) is 0 Å². The molecule has 0 bridgehead atoms. The van der Waals surface area contributed by atoms with Crippen LogP contribution < -0.4 is 0 Å². The number of aliphatic hydroxyl groups is 2. The molecule has 98 valence electrons. The molecular formula is C14H30O2. The highest BCUT2D eigenvalue weighted by Gasteiger charge is 2.12. The minimum absolute atomic E-state index is 0.503. The normalized spacial score (nSPS) is 12.0. The summed E-state index contributed by atoms with van der Waals surface area (Å²) in [6.45, 7) is 3.71. The van der Waals surface area contributed by atoms with E-state index in [0.29, 0.717) is 6.42 Å². The monoisotopic (exact) mass is 230 g/mol. The summed E-state index contributed by atoms with van der Waals surface area (Å²) in [6.07, 6.45) is 13.3.